The molecule has 2 aliphatic heterocycles. The molecule has 1 N–H and O–H groups in total. The van der Waals surface area contributed by atoms with Gasteiger partial charge in [0.25, 0.3) is 0 Å². The normalized spacial score (nSPS) is 36.4. The van der Waals surface area contributed by atoms with Gasteiger partial charge in [-0.1, -0.05) is 6.92 Å². The molecule has 0 aromatic heterocycles. The van der Waals surface area contributed by atoms with Crippen LogP contribution in [-0.2, 0) is 0 Å². The van der Waals surface area contributed by atoms with Gasteiger partial charge in [-0.05, 0) is 51.9 Å². The third-order valence-electron chi connectivity index (χ3n) is 4.30. The summed E-state index contributed by atoms with van der Waals surface area (Å²) < 4.78 is 0. The Kier molecular flexibility index (Phi) is 3.88. The lowest BCUT2D eigenvalue weighted by Crippen LogP contribution is -2.42. The standard InChI is InChI=1S/C13H27N3/c1-13(6-7-14-10-13)11-15(2)9-12-5-4-8-16(12)3/h12,14H,4-11H2,1-3H3. The largest absolute Gasteiger partial charge is 0.316 e. The minimum atomic E-state index is 0.506. The van der Waals surface area contributed by atoms with Gasteiger partial charge in [0.15, 0.2) is 0 Å². The first-order valence-corrected chi connectivity index (χ1v) is 6.69. The van der Waals surface area contributed by atoms with Crippen molar-refractivity contribution in [3.05, 3.63) is 0 Å². The predicted octanol–water partition coefficient (Wildman–Crippen LogP) is 1.01. The summed E-state index contributed by atoms with van der Waals surface area (Å²) in [6.45, 7) is 8.58. The molecular weight excluding hydrogens is 198 g/mol. The summed E-state index contributed by atoms with van der Waals surface area (Å²) in [7, 11) is 4.56. The van der Waals surface area contributed by atoms with Gasteiger partial charge >= 0.3 is 0 Å². The maximum Gasteiger partial charge on any atom is 0.0220 e. The van der Waals surface area contributed by atoms with E-state index in [0.717, 1.165) is 6.04 Å². The second-order valence-corrected chi connectivity index (χ2v) is 6.21. The zero-order valence-electron chi connectivity index (χ0n) is 11.1. The molecule has 0 amide bonds. The predicted molar refractivity (Wildman–Crippen MR) is 68.7 cm³/mol. The van der Waals surface area contributed by atoms with Gasteiger partial charge in [-0.3, -0.25) is 0 Å². The highest BCUT2D eigenvalue weighted by Crippen LogP contribution is 2.26. The molecule has 2 atom stereocenters. The summed E-state index contributed by atoms with van der Waals surface area (Å²) in [4.78, 5) is 5.06. The van der Waals surface area contributed by atoms with E-state index in [2.05, 4.69) is 36.1 Å². The molecule has 3 heteroatoms. The summed E-state index contributed by atoms with van der Waals surface area (Å²) in [5.41, 5.74) is 0.506. The van der Waals surface area contributed by atoms with Gasteiger partial charge in [-0.2, -0.15) is 0 Å². The fourth-order valence-electron chi connectivity index (χ4n) is 3.29. The van der Waals surface area contributed by atoms with Crippen LogP contribution in [0.2, 0.25) is 0 Å². The Balaban J connectivity index is 1.77. The van der Waals surface area contributed by atoms with E-state index in [1.165, 1.54) is 52.0 Å². The van der Waals surface area contributed by atoms with E-state index < -0.39 is 0 Å². The molecule has 0 saturated carbocycles. The number of hydrogen-bond donors (Lipinski definition) is 1. The van der Waals surface area contributed by atoms with Crippen LogP contribution in [0.4, 0.5) is 0 Å². The third-order valence-corrected chi connectivity index (χ3v) is 4.30. The molecule has 0 aliphatic carbocycles. The average molecular weight is 225 g/mol. The molecule has 2 fully saturated rings. The molecule has 16 heavy (non-hydrogen) atoms. The van der Waals surface area contributed by atoms with Crippen molar-refractivity contribution in [2.75, 3.05) is 46.8 Å². The molecule has 2 rings (SSSR count). The van der Waals surface area contributed by atoms with E-state index in [1.54, 1.807) is 0 Å². The second-order valence-electron chi connectivity index (χ2n) is 6.21. The summed E-state index contributed by atoms with van der Waals surface area (Å²) in [5, 5.41) is 3.48. The highest BCUT2D eigenvalue weighted by Gasteiger charge is 2.31. The highest BCUT2D eigenvalue weighted by atomic mass is 15.2. The van der Waals surface area contributed by atoms with Crippen LogP contribution in [0.3, 0.4) is 0 Å². The van der Waals surface area contributed by atoms with Crippen LogP contribution in [0.1, 0.15) is 26.2 Å². The molecule has 94 valence electrons. The van der Waals surface area contributed by atoms with Crippen LogP contribution in [0.5, 0.6) is 0 Å². The molecule has 2 saturated heterocycles. The van der Waals surface area contributed by atoms with Crippen molar-refractivity contribution in [1.29, 1.82) is 0 Å². The lowest BCUT2D eigenvalue weighted by atomic mass is 9.89. The van der Waals surface area contributed by atoms with E-state index >= 15 is 0 Å². The highest BCUT2D eigenvalue weighted by molar-refractivity contribution is 4.87. The van der Waals surface area contributed by atoms with Gasteiger partial charge in [0, 0.05) is 25.7 Å². The molecule has 2 unspecified atom stereocenters. The number of likely N-dealkylation sites (tertiary alicyclic amines) is 1. The number of nitrogens with zero attached hydrogens (tertiary/aromatic N) is 2. The Bertz CT molecular complexity index is 223. The number of rotatable bonds is 4. The monoisotopic (exact) mass is 225 g/mol. The van der Waals surface area contributed by atoms with E-state index in [4.69, 9.17) is 0 Å². The molecule has 2 heterocycles. The van der Waals surface area contributed by atoms with Crippen molar-refractivity contribution in [3.8, 4) is 0 Å². The van der Waals surface area contributed by atoms with E-state index in [-0.39, 0.29) is 0 Å². The van der Waals surface area contributed by atoms with E-state index in [9.17, 15) is 0 Å². The molecule has 2 aliphatic rings. The Labute approximate surface area is 100 Å². The van der Waals surface area contributed by atoms with Gasteiger partial charge in [0.2, 0.25) is 0 Å². The number of likely N-dealkylation sites (N-methyl/N-ethyl adjacent to an activating group) is 2. The lowest BCUT2D eigenvalue weighted by Gasteiger charge is -2.32. The smallest absolute Gasteiger partial charge is 0.0220 e. The van der Waals surface area contributed by atoms with Crippen LogP contribution >= 0.6 is 0 Å². The summed E-state index contributed by atoms with van der Waals surface area (Å²) >= 11 is 0. The first-order chi connectivity index (χ1) is 7.59. The topological polar surface area (TPSA) is 18.5 Å². The van der Waals surface area contributed by atoms with Crippen LogP contribution < -0.4 is 5.32 Å². The van der Waals surface area contributed by atoms with Gasteiger partial charge in [-0.25, -0.2) is 0 Å². The zero-order chi connectivity index (χ0) is 11.6. The van der Waals surface area contributed by atoms with Crippen molar-refractivity contribution < 1.29 is 0 Å². The molecule has 0 bridgehead atoms. The SMILES string of the molecule is CN(CC1CCCN1C)CC1(C)CCNC1. The third kappa shape index (κ3) is 2.96. The molecule has 3 nitrogen and oxygen atoms in total. The van der Waals surface area contributed by atoms with Gasteiger partial charge in [0.1, 0.15) is 0 Å². The summed E-state index contributed by atoms with van der Waals surface area (Å²) in [6, 6.07) is 0.794. The van der Waals surface area contributed by atoms with Gasteiger partial charge in [-0.15, -0.1) is 0 Å². The summed E-state index contributed by atoms with van der Waals surface area (Å²) in [5.74, 6) is 0. The molecule has 0 aromatic carbocycles. The van der Waals surface area contributed by atoms with Crippen LogP contribution in [0.15, 0.2) is 0 Å². The zero-order valence-corrected chi connectivity index (χ0v) is 11.1. The maximum atomic E-state index is 3.48. The Hall–Kier alpha value is -0.120. The Morgan fingerprint density at radius 3 is 2.88 bits per heavy atom. The van der Waals surface area contributed by atoms with Crippen molar-refractivity contribution in [2.45, 2.75) is 32.2 Å². The first-order valence-electron chi connectivity index (χ1n) is 6.69. The Morgan fingerprint density at radius 2 is 2.31 bits per heavy atom. The molecule has 0 radical (unpaired) electrons. The van der Waals surface area contributed by atoms with E-state index in [1.807, 2.05) is 0 Å². The van der Waals surface area contributed by atoms with Crippen LogP contribution in [0, 0.1) is 5.41 Å². The van der Waals surface area contributed by atoms with Crippen molar-refractivity contribution in [3.63, 3.8) is 0 Å². The fourth-order valence-corrected chi connectivity index (χ4v) is 3.29. The van der Waals surface area contributed by atoms with Gasteiger partial charge < -0.3 is 15.1 Å². The van der Waals surface area contributed by atoms with Crippen LogP contribution in [0.25, 0.3) is 0 Å². The van der Waals surface area contributed by atoms with E-state index in [0.29, 0.717) is 5.41 Å². The number of nitrogens with one attached hydrogen (secondary N) is 1. The molecular formula is C13H27N3. The van der Waals surface area contributed by atoms with Crippen molar-refractivity contribution >= 4 is 0 Å². The summed E-state index contributed by atoms with van der Waals surface area (Å²) in [6.07, 6.45) is 4.10. The van der Waals surface area contributed by atoms with Gasteiger partial charge in [0.05, 0.1) is 0 Å². The van der Waals surface area contributed by atoms with Crippen molar-refractivity contribution in [1.82, 2.24) is 15.1 Å². The quantitative estimate of drug-likeness (QED) is 0.770. The second kappa shape index (κ2) is 5.03. The maximum absolute atomic E-state index is 3.48. The Morgan fingerprint density at radius 1 is 1.50 bits per heavy atom. The first kappa shape index (κ1) is 12.3. The van der Waals surface area contributed by atoms with Crippen molar-refractivity contribution in [2.24, 2.45) is 5.41 Å². The minimum Gasteiger partial charge on any atom is -0.316 e. The minimum absolute atomic E-state index is 0.506. The van der Waals surface area contributed by atoms with Crippen LogP contribution in [-0.4, -0.2) is 62.7 Å². The fraction of sp³-hybridized carbons (Fsp3) is 1.00. The number of hydrogen-bond acceptors (Lipinski definition) is 3. The average Bonchev–Trinajstić information content (AvgIpc) is 2.77. The lowest BCUT2D eigenvalue weighted by molar-refractivity contribution is 0.166. The molecule has 0 spiro atoms. The molecule has 0 aromatic rings.